The van der Waals surface area contributed by atoms with Crippen LogP contribution in [0.15, 0.2) is 48.5 Å². The van der Waals surface area contributed by atoms with E-state index in [1.807, 2.05) is 0 Å². The average molecular weight is 509 g/mol. The lowest BCUT2D eigenvalue weighted by Gasteiger charge is -2.25. The fourth-order valence-electron chi connectivity index (χ4n) is 4.60. The zero-order chi connectivity index (χ0) is 28.3. The van der Waals surface area contributed by atoms with Gasteiger partial charge in [0, 0.05) is 0 Å². The maximum atomic E-state index is 6.24. The summed E-state index contributed by atoms with van der Waals surface area (Å²) < 4.78 is 12.5. The van der Waals surface area contributed by atoms with Crippen LogP contribution >= 0.6 is 0 Å². The lowest BCUT2D eigenvalue weighted by molar-refractivity contribution is 0.130. The second-order valence-electron chi connectivity index (χ2n) is 14.5. The topological polar surface area (TPSA) is 18.5 Å². The summed E-state index contributed by atoms with van der Waals surface area (Å²) in [6.45, 7) is 26.0. The highest BCUT2D eigenvalue weighted by atomic mass is 16.5. The summed E-state index contributed by atoms with van der Waals surface area (Å²) in [6.07, 6.45) is 0. The third-order valence-electron chi connectivity index (χ3n) is 6.42. The summed E-state index contributed by atoms with van der Waals surface area (Å²) in [6, 6.07) is 25.0. The molecule has 2 radical (unpaired) electrons. The third-order valence-corrected chi connectivity index (χ3v) is 6.42. The molecule has 2 nitrogen and oxygen atoms in total. The molecule has 0 atom stereocenters. The van der Waals surface area contributed by atoms with Crippen LogP contribution in [0, 0.1) is 12.1 Å². The molecule has 38 heavy (non-hydrogen) atoms. The zero-order valence-electron chi connectivity index (χ0n) is 25.4. The van der Waals surface area contributed by atoms with Gasteiger partial charge < -0.3 is 9.47 Å². The van der Waals surface area contributed by atoms with Gasteiger partial charge in [-0.25, -0.2) is 0 Å². The maximum Gasteiger partial charge on any atom is 0.120 e. The highest BCUT2D eigenvalue weighted by Crippen LogP contribution is 2.41. The second kappa shape index (κ2) is 9.33. The predicted molar refractivity (Wildman–Crippen MR) is 163 cm³/mol. The molecule has 0 aromatic heterocycles. The molecule has 0 spiro atoms. The van der Waals surface area contributed by atoms with Gasteiger partial charge >= 0.3 is 0 Å². The first-order valence-corrected chi connectivity index (χ1v) is 13.7. The van der Waals surface area contributed by atoms with Crippen LogP contribution < -0.4 is 9.47 Å². The maximum absolute atomic E-state index is 6.24. The number of hydrogen-bond acceptors (Lipinski definition) is 2. The first kappa shape index (κ1) is 28.0. The molecular weight excluding hydrogens is 464 g/mol. The smallest absolute Gasteiger partial charge is 0.120 e. The molecule has 200 valence electrons. The van der Waals surface area contributed by atoms with Crippen LogP contribution in [0.5, 0.6) is 11.5 Å². The van der Waals surface area contributed by atoms with Gasteiger partial charge in [0.05, 0.1) is 0 Å². The predicted octanol–water partition coefficient (Wildman–Crippen LogP) is 10.2. The van der Waals surface area contributed by atoms with Crippen LogP contribution in [0.3, 0.4) is 0 Å². The van der Waals surface area contributed by atoms with Gasteiger partial charge in [-0.05, 0) is 145 Å². The van der Waals surface area contributed by atoms with Crippen molar-refractivity contribution >= 4 is 21.5 Å². The van der Waals surface area contributed by atoms with E-state index in [1.54, 1.807) is 0 Å². The van der Waals surface area contributed by atoms with Crippen molar-refractivity contribution in [2.45, 2.75) is 105 Å². The van der Waals surface area contributed by atoms with Gasteiger partial charge in [-0.15, -0.1) is 0 Å². The fraction of sp³-hybridized carbons (Fsp3) is 0.444. The van der Waals surface area contributed by atoms with Crippen LogP contribution in [-0.4, -0.2) is 11.2 Å². The van der Waals surface area contributed by atoms with E-state index in [-0.39, 0.29) is 22.0 Å². The van der Waals surface area contributed by atoms with Gasteiger partial charge in [0.15, 0.2) is 0 Å². The van der Waals surface area contributed by atoms with Crippen molar-refractivity contribution in [2.24, 2.45) is 0 Å². The van der Waals surface area contributed by atoms with Crippen LogP contribution in [0.1, 0.15) is 94.2 Å². The molecule has 0 saturated carbocycles. The van der Waals surface area contributed by atoms with E-state index in [0.29, 0.717) is 0 Å². The number of fused-ring (bicyclic) bond motifs is 2. The molecule has 0 fully saturated rings. The van der Waals surface area contributed by atoms with Gasteiger partial charge in [-0.1, -0.05) is 53.7 Å². The van der Waals surface area contributed by atoms with Gasteiger partial charge in [0.25, 0.3) is 0 Å². The van der Waals surface area contributed by atoms with E-state index in [4.69, 9.17) is 9.47 Å². The lowest BCUT2D eigenvalue weighted by Crippen LogP contribution is -2.22. The summed E-state index contributed by atoms with van der Waals surface area (Å²) in [5.41, 5.74) is 3.85. The molecule has 0 heterocycles. The van der Waals surface area contributed by atoms with Crippen molar-refractivity contribution in [3.05, 3.63) is 71.8 Å². The molecule has 0 saturated heterocycles. The van der Waals surface area contributed by atoms with Crippen LogP contribution in [0.25, 0.3) is 32.7 Å². The zero-order valence-corrected chi connectivity index (χ0v) is 25.4. The molecule has 0 aliphatic rings. The number of rotatable bonds is 3. The molecule has 0 aliphatic heterocycles. The Hall–Kier alpha value is -3.00. The van der Waals surface area contributed by atoms with Gasteiger partial charge in [-0.3, -0.25) is 0 Å². The average Bonchev–Trinajstić information content (AvgIpc) is 2.73. The molecule has 0 unspecified atom stereocenters. The minimum absolute atomic E-state index is 0.0605. The number of benzene rings is 4. The second-order valence-corrected chi connectivity index (χ2v) is 14.5. The Bertz CT molecular complexity index is 1360. The molecule has 0 aliphatic carbocycles. The summed E-state index contributed by atoms with van der Waals surface area (Å²) >= 11 is 0. The molecule has 0 amide bonds. The van der Waals surface area contributed by atoms with Crippen molar-refractivity contribution in [3.8, 4) is 22.6 Å². The highest BCUT2D eigenvalue weighted by molar-refractivity contribution is 6.06. The normalized spacial score (nSPS) is 13.3. The fourth-order valence-corrected chi connectivity index (χ4v) is 4.60. The van der Waals surface area contributed by atoms with E-state index in [9.17, 15) is 0 Å². The number of hydrogen-bond donors (Lipinski definition) is 0. The van der Waals surface area contributed by atoms with Crippen molar-refractivity contribution < 1.29 is 9.47 Å². The minimum atomic E-state index is -0.262. The van der Waals surface area contributed by atoms with Gasteiger partial charge in [0.1, 0.15) is 22.7 Å². The van der Waals surface area contributed by atoms with Crippen molar-refractivity contribution in [2.75, 3.05) is 0 Å². The van der Waals surface area contributed by atoms with Gasteiger partial charge in [0.2, 0.25) is 0 Å². The number of ether oxygens (including phenoxy) is 2. The highest BCUT2D eigenvalue weighted by Gasteiger charge is 2.23. The molecule has 0 bridgehead atoms. The summed E-state index contributed by atoms with van der Waals surface area (Å²) in [7, 11) is 0. The SMILES string of the molecule is CC(C)(C)Oc1ccc2c(-c3[c]c(C(C)(C)C)cc4cc(OC(C)(C)C)ccc34)[c]c(C(C)(C)C)cc2c1. The Morgan fingerprint density at radius 2 is 0.816 bits per heavy atom. The van der Waals surface area contributed by atoms with Crippen molar-refractivity contribution in [3.63, 3.8) is 0 Å². The Kier molecular flexibility index (Phi) is 6.88. The molecule has 4 rings (SSSR count). The Balaban J connectivity index is 2.05. The first-order chi connectivity index (χ1) is 17.3. The molecule has 0 N–H and O–H groups in total. The van der Waals surface area contributed by atoms with Crippen LogP contribution in [0.2, 0.25) is 0 Å². The summed E-state index contributed by atoms with van der Waals surface area (Å²) in [5.74, 6) is 1.76. The van der Waals surface area contributed by atoms with E-state index < -0.39 is 0 Å². The van der Waals surface area contributed by atoms with Crippen molar-refractivity contribution in [1.82, 2.24) is 0 Å². The monoisotopic (exact) mass is 508 g/mol. The molecule has 4 aromatic carbocycles. The van der Waals surface area contributed by atoms with Crippen LogP contribution in [-0.2, 0) is 10.8 Å². The summed E-state index contributed by atoms with van der Waals surface area (Å²) in [5, 5.41) is 4.61. The molecular formula is C36H44O2. The Labute approximate surface area is 230 Å². The summed E-state index contributed by atoms with van der Waals surface area (Å²) in [4.78, 5) is 0. The molecule has 2 heteroatoms. The largest absolute Gasteiger partial charge is 0.488 e. The van der Waals surface area contributed by atoms with Gasteiger partial charge in [-0.2, -0.15) is 0 Å². The van der Waals surface area contributed by atoms with E-state index >= 15 is 0 Å². The standard InChI is InChI=1S/C36H44O2/c1-33(2,3)25-17-23-19-27(37-35(7,8)9)13-15-29(23)31(21-25)32-22-26(34(4,5)6)18-24-20-28(14-16-30(24)32)38-36(10,11)12/h13-20H,1-12H3. The lowest BCUT2D eigenvalue weighted by atomic mass is 9.80. The Morgan fingerprint density at radius 3 is 1.11 bits per heavy atom. The first-order valence-electron chi connectivity index (χ1n) is 13.7. The van der Waals surface area contributed by atoms with E-state index in [0.717, 1.165) is 44.2 Å². The van der Waals surface area contributed by atoms with Crippen LogP contribution in [0.4, 0.5) is 0 Å². The third kappa shape index (κ3) is 6.34. The molecule has 4 aromatic rings. The van der Waals surface area contributed by atoms with Crippen molar-refractivity contribution in [1.29, 1.82) is 0 Å². The minimum Gasteiger partial charge on any atom is -0.488 e. The quantitative estimate of drug-likeness (QED) is 0.274. The van der Waals surface area contributed by atoms with E-state index in [2.05, 4.69) is 144 Å². The van der Waals surface area contributed by atoms with E-state index in [1.165, 1.54) is 11.1 Å². The Morgan fingerprint density at radius 1 is 0.474 bits per heavy atom.